The maximum Gasteiger partial charge on any atom is 0.234 e. The van der Waals surface area contributed by atoms with Crippen molar-refractivity contribution in [1.82, 2.24) is 10.6 Å². The zero-order valence-electron chi connectivity index (χ0n) is 10.7. The Morgan fingerprint density at radius 3 is 2.94 bits per heavy atom. The fraction of sp³-hybridized carbons (Fsp3) is 0.462. The summed E-state index contributed by atoms with van der Waals surface area (Å²) in [6, 6.07) is 7.68. The van der Waals surface area contributed by atoms with Crippen molar-refractivity contribution in [2.75, 3.05) is 26.8 Å². The summed E-state index contributed by atoms with van der Waals surface area (Å²) in [5, 5.41) is 6.59. The van der Waals surface area contributed by atoms with Crippen molar-refractivity contribution < 1.29 is 9.53 Å². The normalized spacial score (nSPS) is 12.2. The minimum Gasteiger partial charge on any atom is -0.383 e. The molecule has 2 N–H and O–H groups in total. The summed E-state index contributed by atoms with van der Waals surface area (Å²) >= 11 is 5.92. The lowest BCUT2D eigenvalue weighted by atomic mass is 10.1. The average molecular weight is 271 g/mol. The first-order chi connectivity index (χ1) is 8.63. The van der Waals surface area contributed by atoms with Crippen LogP contribution in [-0.4, -0.2) is 32.7 Å². The van der Waals surface area contributed by atoms with Crippen LogP contribution in [0.2, 0.25) is 5.02 Å². The van der Waals surface area contributed by atoms with Crippen molar-refractivity contribution in [3.05, 3.63) is 34.9 Å². The van der Waals surface area contributed by atoms with E-state index in [1.165, 1.54) is 0 Å². The fourth-order valence-corrected chi connectivity index (χ4v) is 1.69. The van der Waals surface area contributed by atoms with Gasteiger partial charge in [0.15, 0.2) is 0 Å². The Morgan fingerprint density at radius 2 is 2.28 bits per heavy atom. The average Bonchev–Trinajstić information content (AvgIpc) is 2.36. The van der Waals surface area contributed by atoms with Crippen LogP contribution in [0, 0.1) is 0 Å². The Balaban J connectivity index is 2.32. The monoisotopic (exact) mass is 270 g/mol. The van der Waals surface area contributed by atoms with E-state index in [2.05, 4.69) is 10.6 Å². The Hall–Kier alpha value is -1.10. The zero-order chi connectivity index (χ0) is 13.4. The predicted octanol–water partition coefficient (Wildman–Crippen LogP) is 1.75. The van der Waals surface area contributed by atoms with Gasteiger partial charge in [0, 0.05) is 24.7 Å². The summed E-state index contributed by atoms with van der Waals surface area (Å²) in [4.78, 5) is 11.5. The molecule has 1 rings (SSSR count). The van der Waals surface area contributed by atoms with E-state index in [0.717, 1.165) is 5.56 Å². The summed E-state index contributed by atoms with van der Waals surface area (Å²) in [6.07, 6.45) is 0. The van der Waals surface area contributed by atoms with Crippen molar-refractivity contribution in [2.24, 2.45) is 0 Å². The Labute approximate surface area is 113 Å². The van der Waals surface area contributed by atoms with E-state index in [1.54, 1.807) is 7.11 Å². The van der Waals surface area contributed by atoms with Gasteiger partial charge < -0.3 is 15.4 Å². The Bertz CT molecular complexity index is 385. The molecule has 0 aliphatic carbocycles. The van der Waals surface area contributed by atoms with Crippen molar-refractivity contribution in [2.45, 2.75) is 13.0 Å². The molecule has 1 atom stereocenters. The minimum absolute atomic E-state index is 0.0408. The summed E-state index contributed by atoms with van der Waals surface area (Å²) in [5.41, 5.74) is 1.06. The number of halogens is 1. The topological polar surface area (TPSA) is 50.4 Å². The summed E-state index contributed by atoms with van der Waals surface area (Å²) in [6.45, 7) is 3.32. The maximum absolute atomic E-state index is 11.5. The van der Waals surface area contributed by atoms with Gasteiger partial charge in [-0.05, 0) is 24.6 Å². The van der Waals surface area contributed by atoms with Gasteiger partial charge in [0.1, 0.15) is 0 Å². The van der Waals surface area contributed by atoms with Gasteiger partial charge in [-0.1, -0.05) is 23.7 Å². The molecule has 100 valence electrons. The van der Waals surface area contributed by atoms with Gasteiger partial charge in [-0.15, -0.1) is 0 Å². The molecule has 5 heteroatoms. The minimum atomic E-state index is -0.0408. The van der Waals surface area contributed by atoms with E-state index in [1.807, 2.05) is 31.2 Å². The second kappa shape index (κ2) is 8.08. The molecule has 1 amide bonds. The number of rotatable bonds is 7. The lowest BCUT2D eigenvalue weighted by Gasteiger charge is -2.14. The van der Waals surface area contributed by atoms with Crippen molar-refractivity contribution in [1.29, 1.82) is 0 Å². The molecule has 1 aromatic carbocycles. The predicted molar refractivity (Wildman–Crippen MR) is 72.8 cm³/mol. The highest BCUT2D eigenvalue weighted by Crippen LogP contribution is 2.16. The molecule has 0 aliphatic heterocycles. The van der Waals surface area contributed by atoms with Crippen molar-refractivity contribution in [3.63, 3.8) is 0 Å². The second-order valence-corrected chi connectivity index (χ2v) is 4.44. The molecule has 0 spiro atoms. The lowest BCUT2D eigenvalue weighted by Crippen LogP contribution is -2.36. The van der Waals surface area contributed by atoms with Gasteiger partial charge in [-0.2, -0.15) is 0 Å². The molecule has 18 heavy (non-hydrogen) atoms. The molecule has 0 heterocycles. The lowest BCUT2D eigenvalue weighted by molar-refractivity contribution is -0.120. The first-order valence-electron chi connectivity index (χ1n) is 5.88. The zero-order valence-corrected chi connectivity index (χ0v) is 11.5. The summed E-state index contributed by atoms with van der Waals surface area (Å²) in [5.74, 6) is -0.0408. The van der Waals surface area contributed by atoms with E-state index in [9.17, 15) is 4.79 Å². The molecule has 0 bridgehead atoms. The number of ether oxygens (including phenoxy) is 1. The molecule has 1 aromatic rings. The van der Waals surface area contributed by atoms with E-state index in [0.29, 0.717) is 18.2 Å². The van der Waals surface area contributed by atoms with Crippen LogP contribution in [0.3, 0.4) is 0 Å². The first-order valence-corrected chi connectivity index (χ1v) is 6.25. The molecule has 4 nitrogen and oxygen atoms in total. The molecule has 0 radical (unpaired) electrons. The molecule has 0 unspecified atom stereocenters. The van der Waals surface area contributed by atoms with E-state index < -0.39 is 0 Å². The fourth-order valence-electron chi connectivity index (χ4n) is 1.49. The smallest absolute Gasteiger partial charge is 0.234 e. The van der Waals surface area contributed by atoms with Crippen LogP contribution in [-0.2, 0) is 9.53 Å². The van der Waals surface area contributed by atoms with Crippen molar-refractivity contribution in [3.8, 4) is 0 Å². The van der Waals surface area contributed by atoms with E-state index >= 15 is 0 Å². The molecule has 0 saturated carbocycles. The Morgan fingerprint density at radius 1 is 1.50 bits per heavy atom. The number of hydrogen-bond acceptors (Lipinski definition) is 3. The van der Waals surface area contributed by atoms with Gasteiger partial charge in [-0.25, -0.2) is 0 Å². The van der Waals surface area contributed by atoms with Crippen LogP contribution in [0.15, 0.2) is 24.3 Å². The maximum atomic E-state index is 11.5. The highest BCUT2D eigenvalue weighted by molar-refractivity contribution is 6.30. The van der Waals surface area contributed by atoms with Crippen LogP contribution < -0.4 is 10.6 Å². The summed E-state index contributed by atoms with van der Waals surface area (Å²) < 4.78 is 4.85. The number of carbonyl (C=O) groups excluding carboxylic acids is 1. The molecule has 0 saturated heterocycles. The number of nitrogens with one attached hydrogen (secondary N) is 2. The third-order valence-electron chi connectivity index (χ3n) is 2.55. The highest BCUT2D eigenvalue weighted by Gasteiger charge is 2.07. The van der Waals surface area contributed by atoms with Gasteiger partial charge in [-0.3, -0.25) is 4.79 Å². The molecular formula is C13H19ClN2O2. The first kappa shape index (κ1) is 15.0. The van der Waals surface area contributed by atoms with Gasteiger partial charge in [0.25, 0.3) is 0 Å². The largest absolute Gasteiger partial charge is 0.383 e. The number of amides is 1. The van der Waals surface area contributed by atoms with Crippen molar-refractivity contribution >= 4 is 17.5 Å². The van der Waals surface area contributed by atoms with Crippen LogP contribution in [0.25, 0.3) is 0 Å². The van der Waals surface area contributed by atoms with E-state index in [-0.39, 0.29) is 18.5 Å². The van der Waals surface area contributed by atoms with Gasteiger partial charge >= 0.3 is 0 Å². The van der Waals surface area contributed by atoms with Crippen LogP contribution in [0.5, 0.6) is 0 Å². The van der Waals surface area contributed by atoms with Crippen LogP contribution >= 0.6 is 11.6 Å². The van der Waals surface area contributed by atoms with Gasteiger partial charge in [0.05, 0.1) is 13.2 Å². The molecule has 0 aliphatic rings. The van der Waals surface area contributed by atoms with E-state index in [4.69, 9.17) is 16.3 Å². The SMILES string of the molecule is COCCNC(=O)CN[C@@H](C)c1cccc(Cl)c1. The standard InChI is InChI=1S/C13H19ClN2O2/c1-10(11-4-3-5-12(14)8-11)16-9-13(17)15-6-7-18-2/h3-5,8,10,16H,6-7,9H2,1-2H3,(H,15,17)/t10-/m0/s1. The third kappa shape index (κ3) is 5.49. The Kier molecular flexibility index (Phi) is 6.72. The third-order valence-corrected chi connectivity index (χ3v) is 2.78. The number of hydrogen-bond donors (Lipinski definition) is 2. The number of carbonyl (C=O) groups is 1. The number of benzene rings is 1. The highest BCUT2D eigenvalue weighted by atomic mass is 35.5. The quantitative estimate of drug-likeness (QED) is 0.743. The molecular weight excluding hydrogens is 252 g/mol. The molecule has 0 aromatic heterocycles. The van der Waals surface area contributed by atoms with Gasteiger partial charge in [0.2, 0.25) is 5.91 Å². The molecule has 0 fully saturated rings. The number of methoxy groups -OCH3 is 1. The summed E-state index contributed by atoms with van der Waals surface area (Å²) in [7, 11) is 1.60. The van der Waals surface area contributed by atoms with Crippen LogP contribution in [0.4, 0.5) is 0 Å². The second-order valence-electron chi connectivity index (χ2n) is 4.00. The van der Waals surface area contributed by atoms with Crippen LogP contribution in [0.1, 0.15) is 18.5 Å².